The molecule has 0 saturated heterocycles. The van der Waals surface area contributed by atoms with Crippen LogP contribution in [0, 0.1) is 11.8 Å². The normalized spacial score (nSPS) is 22.1. The predicted molar refractivity (Wildman–Crippen MR) is 119 cm³/mol. The summed E-state index contributed by atoms with van der Waals surface area (Å²) in [5.74, 6) is -0.668. The Balaban J connectivity index is 2.44. The van der Waals surface area contributed by atoms with Crippen molar-refractivity contribution in [1.82, 2.24) is 4.72 Å². The van der Waals surface area contributed by atoms with Gasteiger partial charge in [0.2, 0.25) is 10.0 Å². The maximum absolute atomic E-state index is 12.3. The Kier molecular flexibility index (Phi) is 11.3. The SMILES string of the molecule is CCCOC(C)(C)C(O)C=C[C@H]1CCC(=O)[C@@H]1CCCCCC(O)C(=O)NS(C)(=O)=O. The molecular weight excluding hydrogens is 422 g/mol. The molecule has 180 valence electrons. The third kappa shape index (κ3) is 10.2. The second-order valence-electron chi connectivity index (χ2n) is 8.95. The summed E-state index contributed by atoms with van der Waals surface area (Å²) in [6, 6.07) is 0. The Morgan fingerprint density at radius 2 is 1.97 bits per heavy atom. The molecule has 0 bridgehead atoms. The molecule has 1 fully saturated rings. The number of hydrogen-bond donors (Lipinski definition) is 3. The number of amides is 1. The molecule has 1 rings (SSSR count). The van der Waals surface area contributed by atoms with Gasteiger partial charge in [0.05, 0.1) is 11.9 Å². The van der Waals surface area contributed by atoms with E-state index in [4.69, 9.17) is 4.74 Å². The van der Waals surface area contributed by atoms with Crippen molar-refractivity contribution in [3.63, 3.8) is 0 Å². The number of rotatable bonds is 14. The number of aliphatic hydroxyl groups is 2. The van der Waals surface area contributed by atoms with E-state index >= 15 is 0 Å². The summed E-state index contributed by atoms with van der Waals surface area (Å²) in [4.78, 5) is 23.8. The molecule has 9 heteroatoms. The molecule has 0 spiro atoms. The Bertz CT molecular complexity index is 717. The lowest BCUT2D eigenvalue weighted by atomic mass is 9.88. The number of carbonyl (C=O) groups is 2. The smallest absolute Gasteiger partial charge is 0.262 e. The molecule has 2 unspecified atom stereocenters. The molecular formula is C22H39NO7S. The van der Waals surface area contributed by atoms with Crippen molar-refractivity contribution in [1.29, 1.82) is 0 Å². The lowest BCUT2D eigenvalue weighted by molar-refractivity contribution is -0.127. The second-order valence-corrected chi connectivity index (χ2v) is 10.7. The number of hydrogen-bond acceptors (Lipinski definition) is 7. The topological polar surface area (TPSA) is 130 Å². The maximum atomic E-state index is 12.3. The van der Waals surface area contributed by atoms with E-state index in [-0.39, 0.29) is 24.0 Å². The van der Waals surface area contributed by atoms with Gasteiger partial charge in [0, 0.05) is 18.9 Å². The fourth-order valence-electron chi connectivity index (χ4n) is 3.73. The Morgan fingerprint density at radius 1 is 1.29 bits per heavy atom. The van der Waals surface area contributed by atoms with Gasteiger partial charge in [0.1, 0.15) is 18.0 Å². The summed E-state index contributed by atoms with van der Waals surface area (Å²) in [7, 11) is -3.68. The van der Waals surface area contributed by atoms with Crippen LogP contribution in [0.15, 0.2) is 12.2 Å². The van der Waals surface area contributed by atoms with Crippen LogP contribution in [0.2, 0.25) is 0 Å². The van der Waals surface area contributed by atoms with Crippen LogP contribution in [0.25, 0.3) is 0 Å². The number of ketones is 1. The van der Waals surface area contributed by atoms with Crippen LogP contribution >= 0.6 is 0 Å². The molecule has 0 aliphatic heterocycles. The molecule has 1 aliphatic rings. The molecule has 1 amide bonds. The predicted octanol–water partition coefficient (Wildman–Crippen LogP) is 2.09. The molecule has 1 saturated carbocycles. The molecule has 0 heterocycles. The monoisotopic (exact) mass is 461 g/mol. The van der Waals surface area contributed by atoms with Crippen molar-refractivity contribution < 1.29 is 33.0 Å². The highest BCUT2D eigenvalue weighted by Crippen LogP contribution is 2.34. The maximum Gasteiger partial charge on any atom is 0.262 e. The van der Waals surface area contributed by atoms with E-state index in [0.717, 1.165) is 31.9 Å². The molecule has 0 aromatic carbocycles. The van der Waals surface area contributed by atoms with Gasteiger partial charge in [0.15, 0.2) is 0 Å². The Hall–Kier alpha value is -1.29. The minimum atomic E-state index is -3.68. The average molecular weight is 462 g/mol. The third-order valence-corrected chi connectivity index (χ3v) is 6.24. The fraction of sp³-hybridized carbons (Fsp3) is 0.818. The molecule has 0 aromatic heterocycles. The number of ether oxygens (including phenoxy) is 1. The van der Waals surface area contributed by atoms with E-state index in [9.17, 15) is 28.2 Å². The molecule has 0 aromatic rings. The van der Waals surface area contributed by atoms with Crippen LogP contribution in [-0.2, 0) is 24.3 Å². The summed E-state index contributed by atoms with van der Waals surface area (Å²) in [6.45, 7) is 6.28. The van der Waals surface area contributed by atoms with Gasteiger partial charge >= 0.3 is 0 Å². The fourth-order valence-corrected chi connectivity index (χ4v) is 4.23. The first kappa shape index (κ1) is 27.7. The van der Waals surface area contributed by atoms with Crippen LogP contribution in [0.1, 0.15) is 72.1 Å². The summed E-state index contributed by atoms with van der Waals surface area (Å²) in [6.07, 6.45) is 7.54. The standard InChI is InChI=1S/C22H39NO7S/c1-5-15-30-22(2,3)20(26)14-12-16-11-13-18(24)17(16)9-7-6-8-10-19(25)21(27)23-31(4,28)29/h12,14,16-17,19-20,25-26H,5-11,13,15H2,1-4H3,(H,23,27)/t16-,17-,19?,20?/m1/s1. The van der Waals surface area contributed by atoms with Crippen molar-refractivity contribution in [2.75, 3.05) is 12.9 Å². The minimum Gasteiger partial charge on any atom is -0.386 e. The number of allylic oxidation sites excluding steroid dienone is 1. The van der Waals surface area contributed by atoms with Crippen LogP contribution < -0.4 is 4.72 Å². The zero-order valence-corrected chi connectivity index (χ0v) is 20.0. The van der Waals surface area contributed by atoms with Crippen LogP contribution in [0.5, 0.6) is 0 Å². The first-order valence-corrected chi connectivity index (χ1v) is 13.0. The molecule has 3 N–H and O–H groups in total. The zero-order valence-electron chi connectivity index (χ0n) is 19.2. The lowest BCUT2D eigenvalue weighted by Crippen LogP contribution is -2.38. The van der Waals surface area contributed by atoms with Gasteiger partial charge in [-0.3, -0.25) is 14.3 Å². The number of Topliss-reactive ketones (excluding diaryl/α,β-unsaturated/α-hetero) is 1. The zero-order chi connectivity index (χ0) is 23.7. The first-order chi connectivity index (χ1) is 14.4. The van der Waals surface area contributed by atoms with Crippen molar-refractivity contribution in [3.05, 3.63) is 12.2 Å². The number of unbranched alkanes of at least 4 members (excludes halogenated alkanes) is 2. The largest absolute Gasteiger partial charge is 0.386 e. The van der Waals surface area contributed by atoms with Crippen LogP contribution in [-0.4, -0.2) is 61.0 Å². The van der Waals surface area contributed by atoms with E-state index in [1.54, 1.807) is 10.8 Å². The quantitative estimate of drug-likeness (QED) is 0.267. The van der Waals surface area contributed by atoms with Gasteiger partial charge < -0.3 is 14.9 Å². The van der Waals surface area contributed by atoms with E-state index in [2.05, 4.69) is 0 Å². The van der Waals surface area contributed by atoms with Crippen LogP contribution in [0.3, 0.4) is 0 Å². The summed E-state index contributed by atoms with van der Waals surface area (Å²) >= 11 is 0. The summed E-state index contributed by atoms with van der Waals surface area (Å²) in [5.41, 5.74) is -0.686. The average Bonchev–Trinajstić information content (AvgIpc) is 3.02. The van der Waals surface area contributed by atoms with Crippen molar-refractivity contribution in [3.8, 4) is 0 Å². The van der Waals surface area contributed by atoms with E-state index < -0.39 is 33.7 Å². The molecule has 1 aliphatic carbocycles. The molecule has 31 heavy (non-hydrogen) atoms. The van der Waals surface area contributed by atoms with Gasteiger partial charge in [-0.2, -0.15) is 0 Å². The van der Waals surface area contributed by atoms with E-state index in [0.29, 0.717) is 25.9 Å². The number of carbonyl (C=O) groups excluding carboxylic acids is 2. The second kappa shape index (κ2) is 12.7. The third-order valence-electron chi connectivity index (χ3n) is 5.67. The van der Waals surface area contributed by atoms with E-state index in [1.165, 1.54) is 0 Å². The first-order valence-electron chi connectivity index (χ1n) is 11.1. The molecule has 0 radical (unpaired) electrons. The van der Waals surface area contributed by atoms with Crippen molar-refractivity contribution >= 4 is 21.7 Å². The highest BCUT2D eigenvalue weighted by molar-refractivity contribution is 7.89. The summed E-state index contributed by atoms with van der Waals surface area (Å²) < 4.78 is 29.5. The number of nitrogens with one attached hydrogen (secondary N) is 1. The van der Waals surface area contributed by atoms with E-state index in [1.807, 2.05) is 26.8 Å². The number of aliphatic hydroxyl groups excluding tert-OH is 2. The van der Waals surface area contributed by atoms with Gasteiger partial charge in [-0.05, 0) is 45.4 Å². The van der Waals surface area contributed by atoms with Gasteiger partial charge in [0.25, 0.3) is 5.91 Å². The van der Waals surface area contributed by atoms with Crippen LogP contribution in [0.4, 0.5) is 0 Å². The number of sulfonamides is 1. The summed E-state index contributed by atoms with van der Waals surface area (Å²) in [5, 5.41) is 20.2. The molecule has 8 nitrogen and oxygen atoms in total. The Morgan fingerprint density at radius 3 is 2.58 bits per heavy atom. The van der Waals surface area contributed by atoms with Gasteiger partial charge in [-0.1, -0.05) is 38.3 Å². The molecule has 4 atom stereocenters. The van der Waals surface area contributed by atoms with Gasteiger partial charge in [-0.15, -0.1) is 0 Å². The van der Waals surface area contributed by atoms with Gasteiger partial charge in [-0.25, -0.2) is 8.42 Å². The Labute approximate surface area is 186 Å². The highest BCUT2D eigenvalue weighted by atomic mass is 32.2. The minimum absolute atomic E-state index is 0.0819. The van der Waals surface area contributed by atoms with Crippen molar-refractivity contribution in [2.45, 2.75) is 89.9 Å². The van der Waals surface area contributed by atoms with Crippen molar-refractivity contribution in [2.24, 2.45) is 11.8 Å². The highest BCUT2D eigenvalue weighted by Gasteiger charge is 2.33. The lowest BCUT2D eigenvalue weighted by Gasteiger charge is -2.29.